The van der Waals surface area contributed by atoms with Crippen molar-refractivity contribution in [2.45, 2.75) is 43.3 Å². The fourth-order valence-electron chi connectivity index (χ4n) is 2.61. The van der Waals surface area contributed by atoms with Crippen LogP contribution in [0.15, 0.2) is 35.2 Å². The third-order valence-corrected chi connectivity index (χ3v) is 5.56. The van der Waals surface area contributed by atoms with Gasteiger partial charge in [0.1, 0.15) is 0 Å². The number of amides is 1. The van der Waals surface area contributed by atoms with Crippen LogP contribution < -0.4 is 10.6 Å². The molecule has 1 fully saturated rings. The maximum Gasteiger partial charge on any atom is 0.233 e. The first-order valence-electron chi connectivity index (χ1n) is 7.83. The first kappa shape index (κ1) is 19.3. The van der Waals surface area contributed by atoms with E-state index in [1.807, 2.05) is 18.2 Å². The molecule has 1 aliphatic rings. The van der Waals surface area contributed by atoms with Gasteiger partial charge in [-0.15, -0.1) is 24.2 Å². The molecule has 1 aliphatic heterocycles. The van der Waals surface area contributed by atoms with Gasteiger partial charge in [0.15, 0.2) is 0 Å². The van der Waals surface area contributed by atoms with Crippen LogP contribution in [0.5, 0.6) is 0 Å². The van der Waals surface area contributed by atoms with E-state index in [4.69, 9.17) is 0 Å². The fraction of sp³-hybridized carbons (Fsp3) is 0.588. The van der Waals surface area contributed by atoms with E-state index in [-0.39, 0.29) is 29.0 Å². The van der Waals surface area contributed by atoms with Crippen LogP contribution in [0, 0.1) is 5.41 Å². The van der Waals surface area contributed by atoms with Gasteiger partial charge in [-0.1, -0.05) is 32.0 Å². The Labute approximate surface area is 144 Å². The molecule has 1 heterocycles. The summed E-state index contributed by atoms with van der Waals surface area (Å²) >= 11 is 1.66. The quantitative estimate of drug-likeness (QED) is 0.777. The summed E-state index contributed by atoms with van der Waals surface area (Å²) in [5, 5.41) is 6.55. The highest BCUT2D eigenvalue weighted by atomic mass is 35.5. The van der Waals surface area contributed by atoms with E-state index >= 15 is 0 Å². The number of carbonyl (C=O) groups is 1. The zero-order chi connectivity index (χ0) is 15.1. The number of halogens is 1. The smallest absolute Gasteiger partial charge is 0.233 e. The average Bonchev–Trinajstić information content (AvgIpc) is 2.52. The van der Waals surface area contributed by atoms with E-state index < -0.39 is 0 Å². The first-order valence-corrected chi connectivity index (χ1v) is 8.71. The van der Waals surface area contributed by atoms with Gasteiger partial charge in [0.05, 0.1) is 5.25 Å². The Morgan fingerprint density at radius 1 is 1.32 bits per heavy atom. The van der Waals surface area contributed by atoms with Crippen molar-refractivity contribution in [3.8, 4) is 0 Å². The monoisotopic (exact) mass is 342 g/mol. The van der Waals surface area contributed by atoms with Crippen molar-refractivity contribution in [1.82, 2.24) is 10.6 Å². The Morgan fingerprint density at radius 2 is 1.95 bits per heavy atom. The largest absolute Gasteiger partial charge is 0.355 e. The lowest BCUT2D eigenvalue weighted by atomic mass is 9.81. The molecule has 2 N–H and O–H groups in total. The molecule has 124 valence electrons. The van der Waals surface area contributed by atoms with Crippen LogP contribution in [0.1, 0.15) is 33.1 Å². The maximum absolute atomic E-state index is 12.4. The number of carbonyl (C=O) groups excluding carboxylic acids is 1. The average molecular weight is 343 g/mol. The Hall–Kier alpha value is -0.710. The summed E-state index contributed by atoms with van der Waals surface area (Å²) in [6, 6.07) is 10.2. The number of rotatable bonds is 6. The van der Waals surface area contributed by atoms with Crippen LogP contribution in [0.3, 0.4) is 0 Å². The molecule has 0 spiro atoms. The molecular formula is C17H27ClN2OS. The molecule has 0 aliphatic carbocycles. The van der Waals surface area contributed by atoms with Crippen LogP contribution in [0.2, 0.25) is 0 Å². The van der Waals surface area contributed by atoms with Gasteiger partial charge in [0.2, 0.25) is 5.91 Å². The zero-order valence-corrected chi connectivity index (χ0v) is 15.1. The third kappa shape index (κ3) is 5.82. The predicted molar refractivity (Wildman–Crippen MR) is 96.8 cm³/mol. The van der Waals surface area contributed by atoms with Crippen molar-refractivity contribution in [3.63, 3.8) is 0 Å². The number of benzene rings is 1. The van der Waals surface area contributed by atoms with Crippen LogP contribution in [0.25, 0.3) is 0 Å². The summed E-state index contributed by atoms with van der Waals surface area (Å²) in [6.45, 7) is 7.26. The van der Waals surface area contributed by atoms with Crippen LogP contribution in [0.4, 0.5) is 0 Å². The van der Waals surface area contributed by atoms with Crippen LogP contribution >= 0.6 is 24.2 Å². The molecule has 22 heavy (non-hydrogen) atoms. The molecule has 1 amide bonds. The van der Waals surface area contributed by atoms with Gasteiger partial charge in [-0.05, 0) is 49.9 Å². The van der Waals surface area contributed by atoms with E-state index in [2.05, 4.69) is 36.6 Å². The van der Waals surface area contributed by atoms with E-state index in [1.54, 1.807) is 11.8 Å². The predicted octanol–water partition coefficient (Wildman–Crippen LogP) is 3.49. The molecule has 0 aromatic heterocycles. The Balaban J connectivity index is 0.00000242. The first-order chi connectivity index (χ1) is 10.1. The summed E-state index contributed by atoms with van der Waals surface area (Å²) in [5.74, 6) is 0.172. The van der Waals surface area contributed by atoms with Gasteiger partial charge < -0.3 is 10.6 Å². The molecule has 1 saturated heterocycles. The SMILES string of the molecule is CCC(Sc1ccccc1)C(=O)NCC1(C)CCNCC1.Cl. The van der Waals surface area contributed by atoms with E-state index in [9.17, 15) is 4.79 Å². The van der Waals surface area contributed by atoms with Crippen molar-refractivity contribution >= 4 is 30.1 Å². The molecule has 1 unspecified atom stereocenters. The fourth-order valence-corrected chi connectivity index (χ4v) is 3.61. The van der Waals surface area contributed by atoms with E-state index in [1.165, 1.54) is 0 Å². The molecule has 5 heteroatoms. The molecule has 0 radical (unpaired) electrons. The second kappa shape index (κ2) is 9.43. The van der Waals surface area contributed by atoms with Crippen molar-refractivity contribution in [3.05, 3.63) is 30.3 Å². The second-order valence-electron chi connectivity index (χ2n) is 6.11. The zero-order valence-electron chi connectivity index (χ0n) is 13.4. The number of piperidine rings is 1. The lowest BCUT2D eigenvalue weighted by Gasteiger charge is -2.34. The number of hydrogen-bond acceptors (Lipinski definition) is 3. The van der Waals surface area contributed by atoms with E-state index in [0.29, 0.717) is 0 Å². The summed E-state index contributed by atoms with van der Waals surface area (Å²) < 4.78 is 0. The minimum absolute atomic E-state index is 0. The maximum atomic E-state index is 12.4. The highest BCUT2D eigenvalue weighted by Gasteiger charge is 2.28. The third-order valence-electron chi connectivity index (χ3n) is 4.18. The van der Waals surface area contributed by atoms with Crippen molar-refractivity contribution in [2.75, 3.05) is 19.6 Å². The lowest BCUT2D eigenvalue weighted by molar-refractivity contribution is -0.121. The van der Waals surface area contributed by atoms with Crippen molar-refractivity contribution in [2.24, 2.45) is 5.41 Å². The molecule has 1 atom stereocenters. The number of nitrogens with one attached hydrogen (secondary N) is 2. The van der Waals surface area contributed by atoms with Gasteiger partial charge in [0, 0.05) is 11.4 Å². The molecule has 1 aromatic carbocycles. The summed E-state index contributed by atoms with van der Waals surface area (Å²) in [5.41, 5.74) is 0.247. The molecule has 3 nitrogen and oxygen atoms in total. The summed E-state index contributed by atoms with van der Waals surface area (Å²) in [6.07, 6.45) is 3.12. The minimum Gasteiger partial charge on any atom is -0.355 e. The molecule has 0 bridgehead atoms. The molecule has 1 aromatic rings. The molecule has 2 rings (SSSR count). The topological polar surface area (TPSA) is 41.1 Å². The highest BCUT2D eigenvalue weighted by Crippen LogP contribution is 2.28. The van der Waals surface area contributed by atoms with Gasteiger partial charge in [-0.2, -0.15) is 0 Å². The minimum atomic E-state index is -0.00212. The normalized spacial score (nSPS) is 18.1. The van der Waals surface area contributed by atoms with Crippen LogP contribution in [-0.2, 0) is 4.79 Å². The van der Waals surface area contributed by atoms with Crippen LogP contribution in [-0.4, -0.2) is 30.8 Å². The van der Waals surface area contributed by atoms with Gasteiger partial charge >= 0.3 is 0 Å². The summed E-state index contributed by atoms with van der Waals surface area (Å²) in [7, 11) is 0. The number of thioether (sulfide) groups is 1. The standard InChI is InChI=1S/C17H26N2OS.ClH/c1-3-15(21-14-7-5-4-6-8-14)16(20)19-13-17(2)9-11-18-12-10-17;/h4-8,15,18H,3,9-13H2,1-2H3,(H,19,20);1H. The Bertz CT molecular complexity index is 449. The Kier molecular flexibility index (Phi) is 8.29. The highest BCUT2D eigenvalue weighted by molar-refractivity contribution is 8.00. The number of hydrogen-bond donors (Lipinski definition) is 2. The molecule has 0 saturated carbocycles. The summed E-state index contributed by atoms with van der Waals surface area (Å²) in [4.78, 5) is 13.6. The second-order valence-corrected chi connectivity index (χ2v) is 7.38. The van der Waals surface area contributed by atoms with E-state index in [0.717, 1.165) is 43.8 Å². The van der Waals surface area contributed by atoms with Gasteiger partial charge in [-0.3, -0.25) is 4.79 Å². The van der Waals surface area contributed by atoms with Gasteiger partial charge in [0.25, 0.3) is 0 Å². The van der Waals surface area contributed by atoms with Gasteiger partial charge in [-0.25, -0.2) is 0 Å². The van der Waals surface area contributed by atoms with Crippen molar-refractivity contribution < 1.29 is 4.79 Å². The lowest BCUT2D eigenvalue weighted by Crippen LogP contribution is -2.44. The Morgan fingerprint density at radius 3 is 2.55 bits per heavy atom. The van der Waals surface area contributed by atoms with Crippen molar-refractivity contribution in [1.29, 1.82) is 0 Å². The molecular weight excluding hydrogens is 316 g/mol.